The van der Waals surface area contributed by atoms with E-state index in [0.717, 1.165) is 0 Å². The Morgan fingerprint density at radius 1 is 1.44 bits per heavy atom. The van der Waals surface area contributed by atoms with E-state index in [9.17, 15) is 8.78 Å². The van der Waals surface area contributed by atoms with Gasteiger partial charge in [-0.05, 0) is 10.4 Å². The van der Waals surface area contributed by atoms with Gasteiger partial charge in [-0.15, -0.1) is 5.10 Å². The molecule has 2 aromatic heterocycles. The Labute approximate surface area is 88.1 Å². The van der Waals surface area contributed by atoms with E-state index in [4.69, 9.17) is 5.11 Å². The number of anilines is 1. The number of nitrogens with one attached hydrogen (secondary N) is 1. The van der Waals surface area contributed by atoms with Gasteiger partial charge in [0.05, 0.1) is 18.9 Å². The average molecular weight is 230 g/mol. The summed E-state index contributed by atoms with van der Waals surface area (Å²) in [6.07, 6.45) is 2.71. The zero-order valence-electron chi connectivity index (χ0n) is 8.01. The molecule has 0 saturated heterocycles. The minimum Gasteiger partial charge on any atom is -0.390 e. The number of halogens is 2. The van der Waals surface area contributed by atoms with Gasteiger partial charge in [0, 0.05) is 0 Å². The molecule has 0 saturated carbocycles. The molecule has 0 aliphatic carbocycles. The van der Waals surface area contributed by atoms with Crippen LogP contribution in [-0.2, 0) is 0 Å². The Morgan fingerprint density at radius 2 is 2.25 bits per heavy atom. The number of hydrogen-bond donors (Lipinski definition) is 2. The molecule has 2 aromatic rings. The van der Waals surface area contributed by atoms with Gasteiger partial charge in [-0.3, -0.25) is 4.98 Å². The second kappa shape index (κ2) is 3.93. The molecule has 0 fully saturated rings. The van der Waals surface area contributed by atoms with Gasteiger partial charge in [-0.25, -0.2) is 8.78 Å². The molecule has 0 radical (unpaired) electrons. The standard InChI is InChI=1S/C7H8F2N6O/c8-7(9,4-16)3-11-5-1-10-2-6-12-13-14-15(5)6/h1-2,11,16H,3-4H2. The van der Waals surface area contributed by atoms with E-state index >= 15 is 0 Å². The summed E-state index contributed by atoms with van der Waals surface area (Å²) in [5.74, 6) is -2.97. The molecule has 16 heavy (non-hydrogen) atoms. The van der Waals surface area contributed by atoms with Crippen LogP contribution in [0.25, 0.3) is 5.65 Å². The summed E-state index contributed by atoms with van der Waals surface area (Å²) in [4.78, 5) is 3.78. The van der Waals surface area contributed by atoms with Crippen molar-refractivity contribution in [1.82, 2.24) is 25.0 Å². The van der Waals surface area contributed by atoms with E-state index in [1.54, 1.807) is 0 Å². The molecule has 0 bridgehead atoms. The van der Waals surface area contributed by atoms with Crippen LogP contribution in [0.1, 0.15) is 0 Å². The predicted octanol–water partition coefficient (Wildman–Crippen LogP) is -0.441. The average Bonchev–Trinajstić information content (AvgIpc) is 2.75. The number of fused-ring (bicyclic) bond motifs is 1. The number of hydrogen-bond acceptors (Lipinski definition) is 6. The molecule has 0 spiro atoms. The summed E-state index contributed by atoms with van der Waals surface area (Å²) >= 11 is 0. The summed E-state index contributed by atoms with van der Waals surface area (Å²) in [6, 6.07) is 0. The van der Waals surface area contributed by atoms with E-state index in [2.05, 4.69) is 25.8 Å². The van der Waals surface area contributed by atoms with Crippen LogP contribution in [0.3, 0.4) is 0 Å². The maximum absolute atomic E-state index is 12.8. The van der Waals surface area contributed by atoms with Gasteiger partial charge in [0.1, 0.15) is 6.61 Å². The highest BCUT2D eigenvalue weighted by atomic mass is 19.3. The van der Waals surface area contributed by atoms with Crippen LogP contribution >= 0.6 is 0 Å². The van der Waals surface area contributed by atoms with Gasteiger partial charge in [-0.1, -0.05) is 0 Å². The second-order valence-electron chi connectivity index (χ2n) is 3.11. The smallest absolute Gasteiger partial charge is 0.287 e. The Bertz CT molecular complexity index is 486. The van der Waals surface area contributed by atoms with Crippen LogP contribution in [-0.4, -0.2) is 49.2 Å². The summed E-state index contributed by atoms with van der Waals surface area (Å²) < 4.78 is 26.8. The molecule has 9 heteroatoms. The van der Waals surface area contributed by atoms with Crippen LogP contribution < -0.4 is 5.32 Å². The highest BCUT2D eigenvalue weighted by Gasteiger charge is 2.27. The largest absolute Gasteiger partial charge is 0.390 e. The van der Waals surface area contributed by atoms with Crippen molar-refractivity contribution in [2.45, 2.75) is 5.92 Å². The molecule has 0 atom stereocenters. The topological polar surface area (TPSA) is 88.2 Å². The molecule has 7 nitrogen and oxygen atoms in total. The van der Waals surface area contributed by atoms with E-state index < -0.39 is 19.1 Å². The lowest BCUT2D eigenvalue weighted by molar-refractivity contribution is -0.0373. The zero-order chi connectivity index (χ0) is 11.6. The van der Waals surface area contributed by atoms with Crippen molar-refractivity contribution in [2.75, 3.05) is 18.5 Å². The molecule has 2 N–H and O–H groups in total. The van der Waals surface area contributed by atoms with Crippen molar-refractivity contribution in [1.29, 1.82) is 0 Å². The quantitative estimate of drug-likeness (QED) is 0.740. The number of rotatable bonds is 4. The summed E-state index contributed by atoms with van der Waals surface area (Å²) in [5, 5.41) is 21.4. The molecule has 86 valence electrons. The van der Waals surface area contributed by atoms with Gasteiger partial charge in [0.15, 0.2) is 11.5 Å². The van der Waals surface area contributed by atoms with Gasteiger partial charge in [0.2, 0.25) is 0 Å². The maximum Gasteiger partial charge on any atom is 0.287 e. The first kappa shape index (κ1) is 10.6. The number of tetrazole rings is 1. The number of aliphatic hydroxyl groups excluding tert-OH is 1. The van der Waals surface area contributed by atoms with Gasteiger partial charge in [-0.2, -0.15) is 4.52 Å². The lowest BCUT2D eigenvalue weighted by Crippen LogP contribution is -2.31. The number of aliphatic hydroxyl groups is 1. The Balaban J connectivity index is 2.18. The molecular formula is C7H8F2N6O. The minimum atomic E-state index is -3.20. The molecule has 0 aliphatic heterocycles. The van der Waals surface area contributed by atoms with Crippen molar-refractivity contribution in [3.63, 3.8) is 0 Å². The summed E-state index contributed by atoms with van der Waals surface area (Å²) in [5.41, 5.74) is 0.345. The van der Waals surface area contributed by atoms with Crippen molar-refractivity contribution in [3.05, 3.63) is 12.4 Å². The monoisotopic (exact) mass is 230 g/mol. The number of aromatic nitrogens is 5. The normalized spacial score (nSPS) is 11.9. The SMILES string of the molecule is OCC(F)(F)CNc1cncc2nnnn12. The van der Waals surface area contributed by atoms with Crippen LogP contribution in [0.4, 0.5) is 14.6 Å². The van der Waals surface area contributed by atoms with Crippen LogP contribution in [0.5, 0.6) is 0 Å². The fourth-order valence-electron chi connectivity index (χ4n) is 1.07. The Hall–Kier alpha value is -1.90. The van der Waals surface area contributed by atoms with E-state index in [-0.39, 0.29) is 5.82 Å². The lowest BCUT2D eigenvalue weighted by Gasteiger charge is -2.14. The summed E-state index contributed by atoms with van der Waals surface area (Å²) in [7, 11) is 0. The van der Waals surface area contributed by atoms with Gasteiger partial charge < -0.3 is 10.4 Å². The van der Waals surface area contributed by atoms with E-state index in [0.29, 0.717) is 5.65 Å². The highest BCUT2D eigenvalue weighted by molar-refractivity contribution is 5.43. The number of alkyl halides is 2. The maximum atomic E-state index is 12.8. The molecule has 0 unspecified atom stereocenters. The van der Waals surface area contributed by atoms with E-state index in [1.807, 2.05) is 0 Å². The second-order valence-corrected chi connectivity index (χ2v) is 3.11. The van der Waals surface area contributed by atoms with Crippen LogP contribution in [0.2, 0.25) is 0 Å². The lowest BCUT2D eigenvalue weighted by atomic mass is 10.3. The fourth-order valence-corrected chi connectivity index (χ4v) is 1.07. The van der Waals surface area contributed by atoms with E-state index in [1.165, 1.54) is 16.9 Å². The molecule has 2 heterocycles. The van der Waals surface area contributed by atoms with Crippen molar-refractivity contribution >= 4 is 11.5 Å². The van der Waals surface area contributed by atoms with Gasteiger partial charge >= 0.3 is 0 Å². The van der Waals surface area contributed by atoms with Gasteiger partial charge in [0.25, 0.3) is 5.92 Å². The third-order valence-corrected chi connectivity index (χ3v) is 1.87. The van der Waals surface area contributed by atoms with Crippen molar-refractivity contribution in [2.24, 2.45) is 0 Å². The predicted molar refractivity (Wildman–Crippen MR) is 49.1 cm³/mol. The Morgan fingerprint density at radius 3 is 3.00 bits per heavy atom. The highest BCUT2D eigenvalue weighted by Crippen LogP contribution is 2.14. The first-order chi connectivity index (χ1) is 7.62. The van der Waals surface area contributed by atoms with Crippen LogP contribution in [0.15, 0.2) is 12.4 Å². The molecule has 0 aliphatic rings. The molecule has 2 rings (SSSR count). The molecule has 0 aromatic carbocycles. The minimum absolute atomic E-state index is 0.232. The third-order valence-electron chi connectivity index (χ3n) is 1.87. The molecular weight excluding hydrogens is 222 g/mol. The van der Waals surface area contributed by atoms with Crippen LogP contribution in [0, 0.1) is 0 Å². The first-order valence-electron chi connectivity index (χ1n) is 4.37. The Kier molecular flexibility index (Phi) is 2.60. The zero-order valence-corrected chi connectivity index (χ0v) is 8.01. The van der Waals surface area contributed by atoms with Crippen molar-refractivity contribution < 1.29 is 13.9 Å². The first-order valence-corrected chi connectivity index (χ1v) is 4.37. The number of nitrogens with zero attached hydrogens (tertiary/aromatic N) is 5. The fraction of sp³-hybridized carbons (Fsp3) is 0.429. The molecule has 0 amide bonds. The summed E-state index contributed by atoms with van der Waals surface area (Å²) in [6.45, 7) is -1.94. The van der Waals surface area contributed by atoms with Crippen molar-refractivity contribution in [3.8, 4) is 0 Å². The third kappa shape index (κ3) is 2.03.